The molecule has 1 heterocycles. The van der Waals surface area contributed by atoms with E-state index in [-0.39, 0.29) is 24.0 Å². The lowest BCUT2D eigenvalue weighted by Gasteiger charge is -2.30. The highest BCUT2D eigenvalue weighted by atomic mass is 127. The fourth-order valence-corrected chi connectivity index (χ4v) is 1.90. The molecule has 0 aromatic rings. The molecule has 0 amide bonds. The molecule has 0 bridgehead atoms. The SMILES string of the molecule is C=C(C)CN=C(N)NCCN1CCC(C)CC1.I. The van der Waals surface area contributed by atoms with Gasteiger partial charge in [-0.15, -0.1) is 24.0 Å². The first-order valence-electron chi connectivity index (χ1n) is 6.48. The molecule has 18 heavy (non-hydrogen) atoms. The number of likely N-dealkylation sites (tertiary alicyclic amines) is 1. The van der Waals surface area contributed by atoms with Gasteiger partial charge < -0.3 is 16.0 Å². The van der Waals surface area contributed by atoms with Gasteiger partial charge in [0, 0.05) is 13.1 Å². The molecule has 0 aromatic carbocycles. The Morgan fingerprint density at radius 2 is 2.06 bits per heavy atom. The quantitative estimate of drug-likeness (QED) is 0.338. The molecule has 0 radical (unpaired) electrons. The van der Waals surface area contributed by atoms with Crippen molar-refractivity contribution in [3.8, 4) is 0 Å². The summed E-state index contributed by atoms with van der Waals surface area (Å²) in [5.41, 5.74) is 6.77. The number of hydrogen-bond acceptors (Lipinski definition) is 2. The highest BCUT2D eigenvalue weighted by molar-refractivity contribution is 14.0. The molecule has 0 saturated carbocycles. The number of hydrogen-bond donors (Lipinski definition) is 2. The van der Waals surface area contributed by atoms with E-state index in [2.05, 4.69) is 28.7 Å². The van der Waals surface area contributed by atoms with E-state index in [9.17, 15) is 0 Å². The molecule has 1 aliphatic heterocycles. The molecule has 1 fully saturated rings. The molecule has 0 aromatic heterocycles. The first-order chi connectivity index (χ1) is 8.08. The Morgan fingerprint density at radius 1 is 1.44 bits per heavy atom. The van der Waals surface area contributed by atoms with Crippen LogP contribution in [-0.4, -0.2) is 43.6 Å². The van der Waals surface area contributed by atoms with Gasteiger partial charge in [-0.2, -0.15) is 0 Å². The first kappa shape index (κ1) is 17.7. The van der Waals surface area contributed by atoms with E-state index in [4.69, 9.17) is 5.73 Å². The van der Waals surface area contributed by atoms with Crippen LogP contribution in [0.5, 0.6) is 0 Å². The Balaban J connectivity index is 0.00000289. The zero-order valence-electron chi connectivity index (χ0n) is 11.6. The zero-order chi connectivity index (χ0) is 12.7. The Hall–Kier alpha value is -0.300. The van der Waals surface area contributed by atoms with Gasteiger partial charge in [0.15, 0.2) is 5.96 Å². The van der Waals surface area contributed by atoms with Crippen LogP contribution in [0.15, 0.2) is 17.1 Å². The van der Waals surface area contributed by atoms with Crippen molar-refractivity contribution in [2.45, 2.75) is 26.7 Å². The summed E-state index contributed by atoms with van der Waals surface area (Å²) < 4.78 is 0. The number of halogens is 1. The zero-order valence-corrected chi connectivity index (χ0v) is 13.9. The highest BCUT2D eigenvalue weighted by Gasteiger charge is 2.14. The molecule has 4 nitrogen and oxygen atoms in total. The van der Waals surface area contributed by atoms with Crippen LogP contribution in [0.2, 0.25) is 0 Å². The summed E-state index contributed by atoms with van der Waals surface area (Å²) in [5, 5.41) is 3.14. The van der Waals surface area contributed by atoms with Gasteiger partial charge in [-0.3, -0.25) is 0 Å². The number of aliphatic imine (C=N–C) groups is 1. The van der Waals surface area contributed by atoms with Gasteiger partial charge >= 0.3 is 0 Å². The number of rotatable bonds is 5. The van der Waals surface area contributed by atoms with E-state index in [1.165, 1.54) is 25.9 Å². The number of guanidine groups is 1. The van der Waals surface area contributed by atoms with E-state index in [1.807, 2.05) is 6.92 Å². The Labute approximate surface area is 128 Å². The van der Waals surface area contributed by atoms with Crippen molar-refractivity contribution in [1.82, 2.24) is 10.2 Å². The molecule has 0 spiro atoms. The van der Waals surface area contributed by atoms with Gasteiger partial charge in [0.1, 0.15) is 0 Å². The molecular weight excluding hydrogens is 339 g/mol. The third kappa shape index (κ3) is 7.92. The molecule has 0 atom stereocenters. The Bertz CT molecular complexity index is 270. The predicted molar refractivity (Wildman–Crippen MR) is 89.6 cm³/mol. The van der Waals surface area contributed by atoms with Crippen molar-refractivity contribution >= 4 is 29.9 Å². The van der Waals surface area contributed by atoms with Crippen molar-refractivity contribution in [1.29, 1.82) is 0 Å². The van der Waals surface area contributed by atoms with Crippen LogP contribution in [-0.2, 0) is 0 Å². The fourth-order valence-electron chi connectivity index (χ4n) is 1.90. The lowest BCUT2D eigenvalue weighted by molar-refractivity contribution is 0.195. The van der Waals surface area contributed by atoms with E-state index in [1.54, 1.807) is 0 Å². The topological polar surface area (TPSA) is 53.6 Å². The van der Waals surface area contributed by atoms with Crippen LogP contribution in [0.3, 0.4) is 0 Å². The minimum Gasteiger partial charge on any atom is -0.370 e. The maximum Gasteiger partial charge on any atom is 0.188 e. The van der Waals surface area contributed by atoms with E-state index >= 15 is 0 Å². The summed E-state index contributed by atoms with van der Waals surface area (Å²) in [4.78, 5) is 6.67. The van der Waals surface area contributed by atoms with Gasteiger partial charge in [-0.25, -0.2) is 4.99 Å². The average Bonchev–Trinajstić information content (AvgIpc) is 2.29. The molecule has 1 saturated heterocycles. The molecule has 1 aliphatic rings. The number of nitrogens with two attached hydrogens (primary N) is 1. The molecule has 5 heteroatoms. The van der Waals surface area contributed by atoms with Crippen LogP contribution in [0.1, 0.15) is 26.7 Å². The molecule has 3 N–H and O–H groups in total. The lowest BCUT2D eigenvalue weighted by atomic mass is 9.99. The molecule has 0 aliphatic carbocycles. The summed E-state index contributed by atoms with van der Waals surface area (Å²) in [6.07, 6.45) is 2.64. The van der Waals surface area contributed by atoms with Crippen LogP contribution < -0.4 is 11.1 Å². The predicted octanol–water partition coefficient (Wildman–Crippen LogP) is 1.82. The number of piperidine rings is 1. The van der Waals surface area contributed by atoms with Crippen molar-refractivity contribution in [2.24, 2.45) is 16.6 Å². The van der Waals surface area contributed by atoms with Crippen LogP contribution in [0.4, 0.5) is 0 Å². The Kier molecular flexibility index (Phi) is 9.45. The normalized spacial score (nSPS) is 18.2. The second kappa shape index (κ2) is 9.61. The summed E-state index contributed by atoms with van der Waals surface area (Å²) >= 11 is 0. The monoisotopic (exact) mass is 366 g/mol. The second-order valence-corrected chi connectivity index (χ2v) is 5.11. The van der Waals surface area contributed by atoms with Gasteiger partial charge in [-0.05, 0) is 38.8 Å². The number of nitrogens with one attached hydrogen (secondary N) is 1. The standard InChI is InChI=1S/C13H26N4.HI/c1-11(2)10-16-13(14)15-6-9-17-7-4-12(3)5-8-17;/h12H,1,4-10H2,2-3H3,(H3,14,15,16);1H. The average molecular weight is 366 g/mol. The van der Waals surface area contributed by atoms with Crippen molar-refractivity contribution in [3.63, 3.8) is 0 Å². The molecule has 106 valence electrons. The minimum atomic E-state index is 0. The second-order valence-electron chi connectivity index (χ2n) is 5.11. The largest absolute Gasteiger partial charge is 0.370 e. The minimum absolute atomic E-state index is 0. The fraction of sp³-hybridized carbons (Fsp3) is 0.769. The highest BCUT2D eigenvalue weighted by Crippen LogP contribution is 2.14. The Morgan fingerprint density at radius 3 is 2.61 bits per heavy atom. The summed E-state index contributed by atoms with van der Waals surface area (Å²) in [6, 6.07) is 0. The first-order valence-corrected chi connectivity index (χ1v) is 6.48. The van der Waals surface area contributed by atoms with E-state index < -0.39 is 0 Å². The number of nitrogens with zero attached hydrogens (tertiary/aromatic N) is 2. The van der Waals surface area contributed by atoms with E-state index in [0.29, 0.717) is 12.5 Å². The smallest absolute Gasteiger partial charge is 0.188 e. The summed E-state index contributed by atoms with van der Waals surface area (Å²) in [7, 11) is 0. The van der Waals surface area contributed by atoms with Crippen molar-refractivity contribution < 1.29 is 0 Å². The lowest BCUT2D eigenvalue weighted by Crippen LogP contribution is -2.41. The van der Waals surface area contributed by atoms with Crippen LogP contribution in [0.25, 0.3) is 0 Å². The molecule has 0 unspecified atom stereocenters. The third-order valence-corrected chi connectivity index (χ3v) is 3.13. The maximum atomic E-state index is 5.74. The van der Waals surface area contributed by atoms with Crippen molar-refractivity contribution in [2.75, 3.05) is 32.7 Å². The summed E-state index contributed by atoms with van der Waals surface area (Å²) in [6.45, 7) is 13.0. The van der Waals surface area contributed by atoms with Gasteiger partial charge in [-0.1, -0.05) is 19.1 Å². The van der Waals surface area contributed by atoms with Crippen LogP contribution >= 0.6 is 24.0 Å². The van der Waals surface area contributed by atoms with Crippen LogP contribution in [0, 0.1) is 5.92 Å². The van der Waals surface area contributed by atoms with Gasteiger partial charge in [0.25, 0.3) is 0 Å². The van der Waals surface area contributed by atoms with Gasteiger partial charge in [0.05, 0.1) is 6.54 Å². The van der Waals surface area contributed by atoms with E-state index in [0.717, 1.165) is 24.6 Å². The van der Waals surface area contributed by atoms with Crippen molar-refractivity contribution in [3.05, 3.63) is 12.2 Å². The maximum absolute atomic E-state index is 5.74. The third-order valence-electron chi connectivity index (χ3n) is 3.13. The molecule has 1 rings (SSSR count). The molecular formula is C13H27IN4. The van der Waals surface area contributed by atoms with Gasteiger partial charge in [0.2, 0.25) is 0 Å². The summed E-state index contributed by atoms with van der Waals surface area (Å²) in [5.74, 6) is 1.42.